The van der Waals surface area contributed by atoms with Gasteiger partial charge in [0.25, 0.3) is 6.08 Å². The van der Waals surface area contributed by atoms with Crippen LogP contribution < -0.4 is 0 Å². The first-order valence-corrected chi connectivity index (χ1v) is 9.68. The molecule has 0 saturated carbocycles. The van der Waals surface area contributed by atoms with Gasteiger partial charge in [0.1, 0.15) is 0 Å². The maximum atomic E-state index is 13.6. The molecule has 0 amide bonds. The van der Waals surface area contributed by atoms with Gasteiger partial charge in [-0.05, 0) is 63.9 Å². The van der Waals surface area contributed by atoms with E-state index in [1.165, 1.54) is 0 Å². The molecule has 0 N–H and O–H groups in total. The number of hydrogen-bond donors (Lipinski definition) is 0. The molecule has 4 aromatic carbocycles. The summed E-state index contributed by atoms with van der Waals surface area (Å²) in [7, 11) is 0. The molecule has 0 radical (unpaired) electrons. The number of hydrogen-bond acceptors (Lipinski definition) is 0. The Bertz CT molecular complexity index is 1040. The minimum absolute atomic E-state index is 0.265. The Hall–Kier alpha value is -3.00. The van der Waals surface area contributed by atoms with Crippen molar-refractivity contribution < 1.29 is 8.78 Å². The minimum atomic E-state index is -1.53. The fourth-order valence-corrected chi connectivity index (χ4v) is 3.91. The number of halogens is 2. The second kappa shape index (κ2) is 8.35. The number of fused-ring (bicyclic) bond motifs is 2. The Balaban J connectivity index is 1.50. The molecule has 0 bridgehead atoms. The van der Waals surface area contributed by atoms with Crippen LogP contribution in [0.5, 0.6) is 0 Å². The second-order valence-electron chi connectivity index (χ2n) is 7.14. The highest BCUT2D eigenvalue weighted by Crippen LogP contribution is 2.26. The van der Waals surface area contributed by atoms with Crippen LogP contribution in [0.2, 0.25) is 0 Å². The van der Waals surface area contributed by atoms with E-state index in [1.54, 1.807) is 0 Å². The van der Waals surface area contributed by atoms with Crippen LogP contribution in [-0.2, 0) is 12.8 Å². The van der Waals surface area contributed by atoms with Crippen LogP contribution >= 0.6 is 0 Å². The maximum Gasteiger partial charge on any atom is 0.269 e. The smallest absolute Gasteiger partial charge is 0.173 e. The zero-order valence-corrected chi connectivity index (χ0v) is 15.7. The average molecular weight is 372 g/mol. The molecule has 0 aliphatic rings. The van der Waals surface area contributed by atoms with E-state index >= 15 is 0 Å². The molecule has 2 heteroatoms. The van der Waals surface area contributed by atoms with Crippen molar-refractivity contribution in [1.29, 1.82) is 0 Å². The summed E-state index contributed by atoms with van der Waals surface area (Å²) in [6, 6.07) is 28.5. The predicted octanol–water partition coefficient (Wildman–Crippen LogP) is 7.71. The van der Waals surface area contributed by atoms with Gasteiger partial charge >= 0.3 is 0 Å². The first-order valence-electron chi connectivity index (χ1n) is 9.68. The van der Waals surface area contributed by atoms with Crippen LogP contribution in [0.4, 0.5) is 8.78 Å². The molecule has 0 nitrogen and oxygen atoms in total. The van der Waals surface area contributed by atoms with E-state index in [-0.39, 0.29) is 5.57 Å². The quantitative estimate of drug-likeness (QED) is 0.325. The van der Waals surface area contributed by atoms with E-state index in [2.05, 4.69) is 36.4 Å². The standard InChI is InChI=1S/C26H22F2/c27-26(28)23(17-15-21-11-5-9-19-7-1-3-13-24(19)21)18-16-22-12-6-10-20-8-2-4-14-25(20)22/h1-14H,15-18H2. The molecule has 0 aromatic heterocycles. The van der Waals surface area contributed by atoms with E-state index in [0.29, 0.717) is 25.7 Å². The molecule has 28 heavy (non-hydrogen) atoms. The molecule has 0 spiro atoms. The van der Waals surface area contributed by atoms with Crippen LogP contribution in [0, 0.1) is 0 Å². The molecule has 0 atom stereocenters. The first-order chi connectivity index (χ1) is 13.7. The maximum absolute atomic E-state index is 13.6. The van der Waals surface area contributed by atoms with E-state index < -0.39 is 6.08 Å². The Morgan fingerprint density at radius 2 is 0.964 bits per heavy atom. The summed E-state index contributed by atoms with van der Waals surface area (Å²) in [5.74, 6) is 0. The molecule has 0 aliphatic carbocycles. The lowest BCUT2D eigenvalue weighted by Crippen LogP contribution is -1.96. The third kappa shape index (κ3) is 3.96. The minimum Gasteiger partial charge on any atom is -0.173 e. The first kappa shape index (κ1) is 18.4. The fourth-order valence-electron chi connectivity index (χ4n) is 3.91. The number of rotatable bonds is 6. The fraction of sp³-hybridized carbons (Fsp3) is 0.154. The summed E-state index contributed by atoms with van der Waals surface area (Å²) in [5, 5.41) is 4.61. The van der Waals surface area contributed by atoms with Gasteiger partial charge in [-0.3, -0.25) is 0 Å². The van der Waals surface area contributed by atoms with Gasteiger partial charge in [0, 0.05) is 0 Å². The van der Waals surface area contributed by atoms with Crippen molar-refractivity contribution in [3.05, 3.63) is 108 Å². The molecular formula is C26H22F2. The summed E-state index contributed by atoms with van der Waals surface area (Å²) < 4.78 is 27.2. The van der Waals surface area contributed by atoms with Crippen molar-refractivity contribution in [3.8, 4) is 0 Å². The van der Waals surface area contributed by atoms with Crippen molar-refractivity contribution >= 4 is 21.5 Å². The van der Waals surface area contributed by atoms with Crippen LogP contribution in [0.25, 0.3) is 21.5 Å². The Kier molecular flexibility index (Phi) is 5.48. The highest BCUT2D eigenvalue weighted by molar-refractivity contribution is 5.86. The van der Waals surface area contributed by atoms with E-state index in [9.17, 15) is 8.78 Å². The SMILES string of the molecule is FC(F)=C(CCc1cccc2ccccc12)CCc1cccc2ccccc12. The third-order valence-corrected chi connectivity index (χ3v) is 5.42. The summed E-state index contributed by atoms with van der Waals surface area (Å²) in [6.07, 6.45) is 0.510. The van der Waals surface area contributed by atoms with Crippen LogP contribution in [0.3, 0.4) is 0 Å². The molecule has 0 saturated heterocycles. The van der Waals surface area contributed by atoms with Crippen LogP contribution in [-0.4, -0.2) is 0 Å². The molecule has 0 unspecified atom stereocenters. The van der Waals surface area contributed by atoms with Crippen molar-refractivity contribution in [2.24, 2.45) is 0 Å². The Morgan fingerprint density at radius 3 is 1.43 bits per heavy atom. The van der Waals surface area contributed by atoms with Gasteiger partial charge < -0.3 is 0 Å². The van der Waals surface area contributed by atoms with Crippen LogP contribution in [0.15, 0.2) is 96.6 Å². The number of allylic oxidation sites excluding steroid dienone is 1. The van der Waals surface area contributed by atoms with Crippen molar-refractivity contribution in [3.63, 3.8) is 0 Å². The largest absolute Gasteiger partial charge is 0.269 e. The highest BCUT2D eigenvalue weighted by atomic mass is 19.3. The summed E-state index contributed by atoms with van der Waals surface area (Å²) in [6.45, 7) is 0. The zero-order valence-electron chi connectivity index (χ0n) is 15.7. The second-order valence-corrected chi connectivity index (χ2v) is 7.14. The summed E-state index contributed by atoms with van der Waals surface area (Å²) >= 11 is 0. The highest BCUT2D eigenvalue weighted by Gasteiger charge is 2.10. The number of aryl methyl sites for hydroxylation is 2. The Labute approximate surface area is 164 Å². The molecule has 0 heterocycles. The molecule has 0 aliphatic heterocycles. The van der Waals surface area contributed by atoms with Gasteiger partial charge in [0.15, 0.2) is 0 Å². The lowest BCUT2D eigenvalue weighted by atomic mass is 9.95. The molecule has 4 rings (SSSR count). The van der Waals surface area contributed by atoms with Gasteiger partial charge in [-0.1, -0.05) is 84.9 Å². The molecule has 4 aromatic rings. The third-order valence-electron chi connectivity index (χ3n) is 5.42. The summed E-state index contributed by atoms with van der Waals surface area (Å²) in [4.78, 5) is 0. The molecular weight excluding hydrogens is 350 g/mol. The van der Waals surface area contributed by atoms with Gasteiger partial charge in [-0.15, -0.1) is 0 Å². The van der Waals surface area contributed by atoms with Crippen molar-refractivity contribution in [1.82, 2.24) is 0 Å². The zero-order chi connectivity index (χ0) is 19.3. The average Bonchev–Trinajstić information content (AvgIpc) is 2.73. The van der Waals surface area contributed by atoms with E-state index in [0.717, 1.165) is 32.7 Å². The van der Waals surface area contributed by atoms with Crippen LogP contribution in [0.1, 0.15) is 24.0 Å². The van der Waals surface area contributed by atoms with Gasteiger partial charge in [-0.2, -0.15) is 8.78 Å². The predicted molar refractivity (Wildman–Crippen MR) is 114 cm³/mol. The summed E-state index contributed by atoms with van der Waals surface area (Å²) in [5.41, 5.74) is 2.52. The monoisotopic (exact) mass is 372 g/mol. The van der Waals surface area contributed by atoms with Gasteiger partial charge in [-0.25, -0.2) is 0 Å². The van der Waals surface area contributed by atoms with Gasteiger partial charge in [0.2, 0.25) is 0 Å². The normalized spacial score (nSPS) is 11.1. The van der Waals surface area contributed by atoms with Crippen molar-refractivity contribution in [2.45, 2.75) is 25.7 Å². The Morgan fingerprint density at radius 1 is 0.536 bits per heavy atom. The van der Waals surface area contributed by atoms with Crippen molar-refractivity contribution in [2.75, 3.05) is 0 Å². The van der Waals surface area contributed by atoms with E-state index in [1.807, 2.05) is 48.5 Å². The topological polar surface area (TPSA) is 0 Å². The van der Waals surface area contributed by atoms with E-state index in [4.69, 9.17) is 0 Å². The molecule has 0 fully saturated rings. The lowest BCUT2D eigenvalue weighted by Gasteiger charge is -2.11. The lowest BCUT2D eigenvalue weighted by molar-refractivity contribution is 0.403. The molecule has 140 valence electrons. The van der Waals surface area contributed by atoms with Gasteiger partial charge in [0.05, 0.1) is 0 Å². The number of benzene rings is 4.